The minimum Gasteiger partial charge on any atom is -0.327 e. The van der Waals surface area contributed by atoms with Crippen LogP contribution in [-0.2, 0) is 4.79 Å². The van der Waals surface area contributed by atoms with Crippen LogP contribution in [-0.4, -0.2) is 27.1 Å². The summed E-state index contributed by atoms with van der Waals surface area (Å²) in [4.78, 5) is 16.9. The van der Waals surface area contributed by atoms with E-state index in [0.717, 1.165) is 29.9 Å². The highest BCUT2D eigenvalue weighted by Gasteiger charge is 2.49. The van der Waals surface area contributed by atoms with E-state index in [1.165, 1.54) is 6.42 Å². The number of hydrogen-bond acceptors (Lipinski definition) is 4. The van der Waals surface area contributed by atoms with E-state index in [-0.39, 0.29) is 17.9 Å². The number of rotatable bonds is 3. The maximum Gasteiger partial charge on any atom is 0.229 e. The lowest BCUT2D eigenvalue weighted by Crippen LogP contribution is -2.42. The molecule has 0 aliphatic heterocycles. The summed E-state index contributed by atoms with van der Waals surface area (Å²) in [5.41, 5.74) is 7.95. The van der Waals surface area contributed by atoms with E-state index in [0.29, 0.717) is 17.7 Å². The number of carbonyl (C=O) groups is 1. The Kier molecular flexibility index (Phi) is 3.41. The van der Waals surface area contributed by atoms with Gasteiger partial charge in [-0.3, -0.25) is 9.89 Å². The lowest BCUT2D eigenvalue weighted by Gasteiger charge is -2.27. The lowest BCUT2D eigenvalue weighted by atomic mass is 9.84. The topological polar surface area (TPSA) is 96.7 Å². The number of aromatic amines is 1. The molecule has 6 nitrogen and oxygen atoms in total. The van der Waals surface area contributed by atoms with Crippen LogP contribution in [0.2, 0.25) is 0 Å². The molecule has 4 N–H and O–H groups in total. The van der Waals surface area contributed by atoms with Crippen molar-refractivity contribution in [1.82, 2.24) is 15.2 Å². The molecule has 1 aromatic carbocycles. The first-order valence-corrected chi connectivity index (χ1v) is 8.17. The fraction of sp³-hybridized carbons (Fsp3) is 0.471. The molecule has 2 saturated carbocycles. The van der Waals surface area contributed by atoms with Gasteiger partial charge in [0.25, 0.3) is 0 Å². The number of nitrogens with two attached hydrogens (primary N) is 1. The molecule has 4 unspecified atom stereocenters. The number of aryl methyl sites for hydroxylation is 1. The van der Waals surface area contributed by atoms with Crippen molar-refractivity contribution in [3.63, 3.8) is 0 Å². The SMILES string of the molecule is Cc1nc(-c2ccc(NC(=O)C3C4CCC(C4)C3N)cc2)n[nH]1. The van der Waals surface area contributed by atoms with Crippen LogP contribution in [0.25, 0.3) is 11.4 Å². The first-order chi connectivity index (χ1) is 11.1. The van der Waals surface area contributed by atoms with Crippen LogP contribution in [0.4, 0.5) is 5.69 Å². The van der Waals surface area contributed by atoms with Gasteiger partial charge in [0.1, 0.15) is 5.82 Å². The van der Waals surface area contributed by atoms with Crippen molar-refractivity contribution in [3.05, 3.63) is 30.1 Å². The first-order valence-electron chi connectivity index (χ1n) is 8.17. The van der Waals surface area contributed by atoms with E-state index in [9.17, 15) is 4.79 Å². The molecule has 2 aliphatic carbocycles. The highest BCUT2D eigenvalue weighted by atomic mass is 16.2. The van der Waals surface area contributed by atoms with Gasteiger partial charge in [-0.1, -0.05) is 0 Å². The minimum atomic E-state index is -0.0379. The number of anilines is 1. The molecule has 4 rings (SSSR count). The lowest BCUT2D eigenvalue weighted by molar-refractivity contribution is -0.121. The summed E-state index contributed by atoms with van der Waals surface area (Å²) < 4.78 is 0. The molecule has 1 heterocycles. The van der Waals surface area contributed by atoms with Gasteiger partial charge < -0.3 is 11.1 Å². The highest BCUT2D eigenvalue weighted by Crippen LogP contribution is 2.47. The number of carbonyl (C=O) groups excluding carboxylic acids is 1. The number of benzene rings is 1. The average Bonchev–Trinajstić information content (AvgIpc) is 3.24. The zero-order valence-corrected chi connectivity index (χ0v) is 13.1. The number of hydrogen-bond donors (Lipinski definition) is 3. The van der Waals surface area contributed by atoms with E-state index < -0.39 is 0 Å². The van der Waals surface area contributed by atoms with Crippen LogP contribution in [0.15, 0.2) is 24.3 Å². The molecule has 2 aliphatic rings. The van der Waals surface area contributed by atoms with Gasteiger partial charge in [0.05, 0.1) is 5.92 Å². The van der Waals surface area contributed by atoms with Crippen LogP contribution < -0.4 is 11.1 Å². The van der Waals surface area contributed by atoms with Gasteiger partial charge in [-0.25, -0.2) is 4.98 Å². The van der Waals surface area contributed by atoms with Crippen molar-refractivity contribution in [1.29, 1.82) is 0 Å². The van der Waals surface area contributed by atoms with Crippen molar-refractivity contribution in [2.75, 3.05) is 5.32 Å². The second kappa shape index (κ2) is 5.45. The van der Waals surface area contributed by atoms with E-state index in [1.807, 2.05) is 31.2 Å². The third-order valence-electron chi connectivity index (χ3n) is 5.29. The average molecular weight is 311 g/mol. The number of H-pyrrole nitrogens is 1. The smallest absolute Gasteiger partial charge is 0.229 e. The van der Waals surface area contributed by atoms with Crippen LogP contribution in [0.5, 0.6) is 0 Å². The number of amides is 1. The molecular weight excluding hydrogens is 290 g/mol. The second-order valence-electron chi connectivity index (χ2n) is 6.75. The zero-order valence-electron chi connectivity index (χ0n) is 13.1. The summed E-state index contributed by atoms with van der Waals surface area (Å²) in [6, 6.07) is 7.62. The predicted molar refractivity (Wildman–Crippen MR) is 87.5 cm³/mol. The van der Waals surface area contributed by atoms with Gasteiger partial charge in [0.15, 0.2) is 5.82 Å². The van der Waals surface area contributed by atoms with Gasteiger partial charge in [-0.05, 0) is 62.3 Å². The van der Waals surface area contributed by atoms with Gasteiger partial charge in [-0.15, -0.1) is 0 Å². The van der Waals surface area contributed by atoms with Gasteiger partial charge >= 0.3 is 0 Å². The Balaban J connectivity index is 1.46. The number of fused-ring (bicyclic) bond motifs is 2. The molecule has 120 valence electrons. The maximum absolute atomic E-state index is 12.6. The van der Waals surface area contributed by atoms with Crippen molar-refractivity contribution in [2.24, 2.45) is 23.5 Å². The van der Waals surface area contributed by atoms with Crippen molar-refractivity contribution >= 4 is 11.6 Å². The van der Waals surface area contributed by atoms with E-state index in [4.69, 9.17) is 5.73 Å². The predicted octanol–water partition coefficient (Wildman–Crippen LogP) is 2.09. The summed E-state index contributed by atoms with van der Waals surface area (Å²) in [7, 11) is 0. The number of nitrogens with zero attached hydrogens (tertiary/aromatic N) is 2. The summed E-state index contributed by atoms with van der Waals surface area (Å²) in [5.74, 6) is 2.46. The summed E-state index contributed by atoms with van der Waals surface area (Å²) >= 11 is 0. The Morgan fingerprint density at radius 2 is 2.00 bits per heavy atom. The minimum absolute atomic E-state index is 0.0178. The molecule has 0 saturated heterocycles. The zero-order chi connectivity index (χ0) is 16.0. The third-order valence-corrected chi connectivity index (χ3v) is 5.29. The standard InChI is InChI=1S/C17H21N5O/c1-9-19-16(22-21-9)10-4-6-13(7-5-10)20-17(23)14-11-2-3-12(8-11)15(14)18/h4-7,11-12,14-15H,2-3,8,18H2,1H3,(H,20,23)(H,19,21,22). The van der Waals surface area contributed by atoms with E-state index >= 15 is 0 Å². The van der Waals surface area contributed by atoms with Gasteiger partial charge in [-0.2, -0.15) is 5.10 Å². The molecule has 1 aromatic heterocycles. The number of nitrogens with one attached hydrogen (secondary N) is 2. The normalized spacial score (nSPS) is 29.0. The van der Waals surface area contributed by atoms with Crippen LogP contribution in [0.1, 0.15) is 25.1 Å². The summed E-state index contributed by atoms with van der Waals surface area (Å²) in [6.45, 7) is 1.86. The molecule has 6 heteroatoms. The Hall–Kier alpha value is -2.21. The second-order valence-corrected chi connectivity index (χ2v) is 6.75. The molecule has 2 aromatic rings. The monoisotopic (exact) mass is 311 g/mol. The number of aromatic nitrogens is 3. The van der Waals surface area contributed by atoms with Crippen molar-refractivity contribution < 1.29 is 4.79 Å². The van der Waals surface area contributed by atoms with Gasteiger partial charge in [0, 0.05) is 17.3 Å². The molecule has 0 radical (unpaired) electrons. The summed E-state index contributed by atoms with van der Waals surface area (Å²) in [6.07, 6.45) is 3.43. The first kappa shape index (κ1) is 14.4. The Labute approximate surface area is 134 Å². The van der Waals surface area contributed by atoms with Crippen LogP contribution >= 0.6 is 0 Å². The molecule has 2 fully saturated rings. The van der Waals surface area contributed by atoms with E-state index in [2.05, 4.69) is 20.5 Å². The molecule has 2 bridgehead atoms. The van der Waals surface area contributed by atoms with Gasteiger partial charge in [0.2, 0.25) is 5.91 Å². The van der Waals surface area contributed by atoms with Crippen molar-refractivity contribution in [2.45, 2.75) is 32.2 Å². The fourth-order valence-electron chi connectivity index (χ4n) is 4.12. The maximum atomic E-state index is 12.6. The molecule has 0 spiro atoms. The van der Waals surface area contributed by atoms with Crippen molar-refractivity contribution in [3.8, 4) is 11.4 Å². The van der Waals surface area contributed by atoms with E-state index in [1.54, 1.807) is 0 Å². The van der Waals surface area contributed by atoms with Crippen LogP contribution in [0.3, 0.4) is 0 Å². The Bertz CT molecular complexity index is 721. The molecule has 23 heavy (non-hydrogen) atoms. The van der Waals surface area contributed by atoms with Crippen LogP contribution in [0, 0.1) is 24.7 Å². The largest absolute Gasteiger partial charge is 0.327 e. The highest BCUT2D eigenvalue weighted by molar-refractivity contribution is 5.93. The molecule has 4 atom stereocenters. The Morgan fingerprint density at radius 3 is 2.61 bits per heavy atom. The fourth-order valence-corrected chi connectivity index (χ4v) is 4.12. The quantitative estimate of drug-likeness (QED) is 0.808. The molecular formula is C17H21N5O. The summed E-state index contributed by atoms with van der Waals surface area (Å²) in [5, 5.41) is 9.98. The Morgan fingerprint density at radius 1 is 1.26 bits per heavy atom. The molecule has 1 amide bonds. The third kappa shape index (κ3) is 2.53.